The summed E-state index contributed by atoms with van der Waals surface area (Å²) < 4.78 is 1.79. The summed E-state index contributed by atoms with van der Waals surface area (Å²) in [7, 11) is 0. The number of nitrogens with one attached hydrogen (secondary N) is 1. The molecule has 3 rings (SSSR count). The average Bonchev–Trinajstić information content (AvgIpc) is 3.13. The number of anilines is 1. The van der Waals surface area contributed by atoms with Crippen molar-refractivity contribution in [1.82, 2.24) is 9.78 Å². The van der Waals surface area contributed by atoms with Gasteiger partial charge in [-0.15, -0.1) is 11.3 Å². The van der Waals surface area contributed by atoms with Gasteiger partial charge in [-0.1, -0.05) is 36.4 Å². The van der Waals surface area contributed by atoms with Crippen LogP contribution in [0.5, 0.6) is 0 Å². The first-order valence-electron chi connectivity index (χ1n) is 6.69. The highest BCUT2D eigenvalue weighted by Crippen LogP contribution is 2.13. The summed E-state index contributed by atoms with van der Waals surface area (Å²) in [6.07, 6.45) is 2.10. The van der Waals surface area contributed by atoms with Gasteiger partial charge >= 0.3 is 0 Å². The van der Waals surface area contributed by atoms with E-state index >= 15 is 0 Å². The van der Waals surface area contributed by atoms with E-state index in [-0.39, 0.29) is 5.91 Å². The molecule has 106 valence electrons. The molecule has 2 heterocycles. The number of thiophene rings is 1. The van der Waals surface area contributed by atoms with Crippen molar-refractivity contribution >= 4 is 23.1 Å². The Morgan fingerprint density at radius 3 is 2.76 bits per heavy atom. The van der Waals surface area contributed by atoms with Gasteiger partial charge in [0.15, 0.2) is 0 Å². The van der Waals surface area contributed by atoms with Gasteiger partial charge < -0.3 is 5.32 Å². The van der Waals surface area contributed by atoms with Crippen LogP contribution in [0.3, 0.4) is 0 Å². The summed E-state index contributed by atoms with van der Waals surface area (Å²) in [4.78, 5) is 13.1. The van der Waals surface area contributed by atoms with E-state index in [0.29, 0.717) is 13.0 Å². The maximum atomic E-state index is 12.0. The zero-order valence-electron chi connectivity index (χ0n) is 11.4. The van der Waals surface area contributed by atoms with Gasteiger partial charge in [-0.25, -0.2) is 4.68 Å². The lowest BCUT2D eigenvalue weighted by molar-refractivity contribution is -0.115. The summed E-state index contributed by atoms with van der Waals surface area (Å²) in [5.41, 5.74) is 1.15. The number of hydrogen-bond acceptors (Lipinski definition) is 3. The van der Waals surface area contributed by atoms with Crippen molar-refractivity contribution < 1.29 is 4.79 Å². The molecule has 1 amide bonds. The minimum absolute atomic E-state index is 0.0211. The Bertz CT molecular complexity index is 704. The molecule has 0 aliphatic heterocycles. The SMILES string of the molecule is O=C(Cc1cccs1)Nc1ccnn1Cc1ccccc1. The number of hydrogen-bond donors (Lipinski definition) is 1. The molecule has 21 heavy (non-hydrogen) atoms. The second kappa shape index (κ2) is 6.37. The second-order valence-electron chi connectivity index (χ2n) is 4.66. The molecule has 0 fully saturated rings. The molecule has 0 aliphatic rings. The lowest BCUT2D eigenvalue weighted by Crippen LogP contribution is -2.17. The van der Waals surface area contributed by atoms with E-state index in [1.165, 1.54) is 0 Å². The number of carbonyl (C=O) groups excluding carboxylic acids is 1. The van der Waals surface area contributed by atoms with Gasteiger partial charge in [-0.3, -0.25) is 4.79 Å². The van der Waals surface area contributed by atoms with Crippen molar-refractivity contribution in [3.8, 4) is 0 Å². The highest BCUT2D eigenvalue weighted by atomic mass is 32.1. The monoisotopic (exact) mass is 297 g/mol. The first kappa shape index (κ1) is 13.6. The first-order valence-corrected chi connectivity index (χ1v) is 7.57. The highest BCUT2D eigenvalue weighted by molar-refractivity contribution is 7.10. The number of carbonyl (C=O) groups is 1. The van der Waals surface area contributed by atoms with Gasteiger partial charge in [0.1, 0.15) is 5.82 Å². The molecule has 0 aliphatic carbocycles. The van der Waals surface area contributed by atoms with Crippen molar-refractivity contribution in [2.24, 2.45) is 0 Å². The fourth-order valence-corrected chi connectivity index (χ4v) is 2.78. The van der Waals surface area contributed by atoms with Crippen molar-refractivity contribution in [2.45, 2.75) is 13.0 Å². The van der Waals surface area contributed by atoms with Crippen LogP contribution in [0, 0.1) is 0 Å². The Hall–Kier alpha value is -2.40. The van der Waals surface area contributed by atoms with Crippen LogP contribution < -0.4 is 5.32 Å². The van der Waals surface area contributed by atoms with Crippen LogP contribution in [0.2, 0.25) is 0 Å². The topological polar surface area (TPSA) is 46.9 Å². The lowest BCUT2D eigenvalue weighted by Gasteiger charge is -2.08. The maximum Gasteiger partial charge on any atom is 0.230 e. The van der Waals surface area contributed by atoms with Crippen LogP contribution in [-0.2, 0) is 17.8 Å². The third-order valence-corrected chi connectivity index (χ3v) is 3.95. The minimum atomic E-state index is -0.0211. The molecule has 0 saturated carbocycles. The number of aromatic nitrogens is 2. The van der Waals surface area contributed by atoms with Crippen LogP contribution in [0.15, 0.2) is 60.1 Å². The van der Waals surface area contributed by atoms with E-state index in [2.05, 4.69) is 10.4 Å². The third kappa shape index (κ3) is 3.58. The van der Waals surface area contributed by atoms with Crippen LogP contribution in [0.4, 0.5) is 5.82 Å². The Balaban J connectivity index is 1.66. The molecule has 0 radical (unpaired) electrons. The van der Waals surface area contributed by atoms with Crippen LogP contribution in [-0.4, -0.2) is 15.7 Å². The molecule has 0 bridgehead atoms. The van der Waals surface area contributed by atoms with Gasteiger partial charge in [-0.05, 0) is 17.0 Å². The fourth-order valence-electron chi connectivity index (χ4n) is 2.08. The fraction of sp³-hybridized carbons (Fsp3) is 0.125. The highest BCUT2D eigenvalue weighted by Gasteiger charge is 2.09. The van der Waals surface area contributed by atoms with E-state index in [1.807, 2.05) is 53.9 Å². The normalized spacial score (nSPS) is 10.5. The minimum Gasteiger partial charge on any atom is -0.311 e. The number of benzene rings is 1. The number of amides is 1. The second-order valence-corrected chi connectivity index (χ2v) is 5.70. The molecule has 0 unspecified atom stereocenters. The Morgan fingerprint density at radius 1 is 1.14 bits per heavy atom. The molecule has 0 atom stereocenters. The van der Waals surface area contributed by atoms with Gasteiger partial charge in [0, 0.05) is 10.9 Å². The molecule has 3 aromatic rings. The largest absolute Gasteiger partial charge is 0.311 e. The summed E-state index contributed by atoms with van der Waals surface area (Å²) >= 11 is 1.59. The summed E-state index contributed by atoms with van der Waals surface area (Å²) in [6, 6.07) is 15.8. The summed E-state index contributed by atoms with van der Waals surface area (Å²) in [6.45, 7) is 0.641. The van der Waals surface area contributed by atoms with Crippen LogP contribution in [0.1, 0.15) is 10.4 Å². The third-order valence-electron chi connectivity index (χ3n) is 3.07. The van der Waals surface area contributed by atoms with Crippen molar-refractivity contribution in [3.63, 3.8) is 0 Å². The van der Waals surface area contributed by atoms with Crippen molar-refractivity contribution in [1.29, 1.82) is 0 Å². The van der Waals surface area contributed by atoms with Crippen LogP contribution in [0.25, 0.3) is 0 Å². The molecular formula is C16H15N3OS. The maximum absolute atomic E-state index is 12.0. The van der Waals surface area contributed by atoms with Crippen molar-refractivity contribution in [2.75, 3.05) is 5.32 Å². The van der Waals surface area contributed by atoms with Crippen molar-refractivity contribution in [3.05, 3.63) is 70.5 Å². The molecule has 4 nitrogen and oxygen atoms in total. The first-order chi connectivity index (χ1) is 10.3. The Morgan fingerprint density at radius 2 is 2.00 bits per heavy atom. The standard InChI is InChI=1S/C16H15N3OS/c20-16(11-14-7-4-10-21-14)18-15-8-9-17-19(15)12-13-5-2-1-3-6-13/h1-10H,11-12H2,(H,18,20). The molecule has 2 aromatic heterocycles. The van der Waals surface area contributed by atoms with E-state index in [9.17, 15) is 4.79 Å². The van der Waals surface area contributed by atoms with E-state index in [4.69, 9.17) is 0 Å². The zero-order valence-corrected chi connectivity index (χ0v) is 12.2. The molecule has 5 heteroatoms. The summed E-state index contributed by atoms with van der Waals surface area (Å²) in [5.74, 6) is 0.702. The Kier molecular flexibility index (Phi) is 4.12. The molecule has 0 saturated heterocycles. The van der Waals surface area contributed by atoms with Gasteiger partial charge in [-0.2, -0.15) is 5.10 Å². The summed E-state index contributed by atoms with van der Waals surface area (Å²) in [5, 5.41) is 9.16. The molecular weight excluding hydrogens is 282 g/mol. The van der Waals surface area contributed by atoms with Gasteiger partial charge in [0.25, 0.3) is 0 Å². The Labute approximate surface area is 127 Å². The predicted octanol–water partition coefficient (Wildman–Crippen LogP) is 3.17. The quantitative estimate of drug-likeness (QED) is 0.786. The smallest absolute Gasteiger partial charge is 0.230 e. The molecule has 0 spiro atoms. The zero-order chi connectivity index (χ0) is 14.5. The lowest BCUT2D eigenvalue weighted by atomic mass is 10.2. The molecule has 1 aromatic carbocycles. The van der Waals surface area contributed by atoms with Gasteiger partial charge in [0.05, 0.1) is 19.2 Å². The van der Waals surface area contributed by atoms with E-state index in [1.54, 1.807) is 22.2 Å². The number of nitrogens with zero attached hydrogens (tertiary/aromatic N) is 2. The van der Waals surface area contributed by atoms with E-state index < -0.39 is 0 Å². The van der Waals surface area contributed by atoms with Gasteiger partial charge in [0.2, 0.25) is 5.91 Å². The molecule has 1 N–H and O–H groups in total. The average molecular weight is 297 g/mol. The van der Waals surface area contributed by atoms with E-state index in [0.717, 1.165) is 16.3 Å². The number of rotatable bonds is 5. The van der Waals surface area contributed by atoms with Crippen LogP contribution >= 0.6 is 11.3 Å². The predicted molar refractivity (Wildman–Crippen MR) is 84.4 cm³/mol.